The van der Waals surface area contributed by atoms with Gasteiger partial charge in [-0.2, -0.15) is 0 Å². The van der Waals surface area contributed by atoms with Crippen LogP contribution in [0, 0.1) is 0 Å². The van der Waals surface area contributed by atoms with Crippen molar-refractivity contribution in [1.82, 2.24) is 4.57 Å². The number of hydrogen-bond acceptors (Lipinski definition) is 7. The van der Waals surface area contributed by atoms with E-state index in [1.165, 1.54) is 11.3 Å². The predicted octanol–water partition coefficient (Wildman–Crippen LogP) is 2.21. The van der Waals surface area contributed by atoms with E-state index in [1.54, 1.807) is 18.8 Å². The molecule has 2 aromatic carbocycles. The van der Waals surface area contributed by atoms with E-state index in [0.717, 1.165) is 21.8 Å². The predicted molar refractivity (Wildman–Crippen MR) is 117 cm³/mol. The van der Waals surface area contributed by atoms with Gasteiger partial charge in [-0.05, 0) is 55.0 Å². The van der Waals surface area contributed by atoms with Gasteiger partial charge in [-0.15, -0.1) is 0 Å². The van der Waals surface area contributed by atoms with Crippen molar-refractivity contribution >= 4 is 23.1 Å². The summed E-state index contributed by atoms with van der Waals surface area (Å²) in [7, 11) is 3.19. The summed E-state index contributed by atoms with van der Waals surface area (Å²) < 4.78 is 18.5. The minimum Gasteiger partial charge on any atom is -0.494 e. The minimum atomic E-state index is -0.0517. The van der Waals surface area contributed by atoms with Crippen molar-refractivity contribution in [3.63, 3.8) is 0 Å². The second-order valence-electron chi connectivity index (χ2n) is 6.65. The fraction of sp³-hybridized carbons (Fsp3) is 0.273. The second-order valence-corrected chi connectivity index (χ2v) is 7.66. The van der Waals surface area contributed by atoms with Crippen LogP contribution in [0.1, 0.15) is 12.5 Å². The Morgan fingerprint density at radius 3 is 2.57 bits per heavy atom. The van der Waals surface area contributed by atoms with E-state index in [1.807, 2.05) is 55.5 Å². The van der Waals surface area contributed by atoms with Crippen LogP contribution in [-0.2, 0) is 6.67 Å². The van der Waals surface area contributed by atoms with Crippen LogP contribution in [0.5, 0.6) is 17.2 Å². The van der Waals surface area contributed by atoms with Crippen LogP contribution in [-0.4, -0.2) is 32.1 Å². The highest BCUT2D eigenvalue weighted by Crippen LogP contribution is 2.27. The van der Waals surface area contributed by atoms with Gasteiger partial charge in [0.05, 0.1) is 25.4 Å². The van der Waals surface area contributed by atoms with Crippen LogP contribution in [0.4, 0.5) is 5.69 Å². The van der Waals surface area contributed by atoms with Gasteiger partial charge in [0, 0.05) is 5.69 Å². The van der Waals surface area contributed by atoms with E-state index >= 15 is 0 Å². The average molecular weight is 426 g/mol. The van der Waals surface area contributed by atoms with E-state index in [9.17, 15) is 4.79 Å². The maximum absolute atomic E-state index is 13.0. The molecule has 4 rings (SSSR count). The molecule has 1 aliphatic heterocycles. The van der Waals surface area contributed by atoms with Gasteiger partial charge < -0.3 is 19.1 Å². The molecule has 2 heterocycles. The van der Waals surface area contributed by atoms with Crippen LogP contribution in [0.15, 0.2) is 52.3 Å². The first-order valence-electron chi connectivity index (χ1n) is 9.58. The van der Waals surface area contributed by atoms with Crippen molar-refractivity contribution in [2.45, 2.75) is 13.6 Å². The fourth-order valence-corrected chi connectivity index (χ4v) is 4.25. The third-order valence-corrected chi connectivity index (χ3v) is 5.84. The Hall–Kier alpha value is -3.26. The number of hydrogen-bond donors (Lipinski definition) is 0. The van der Waals surface area contributed by atoms with Crippen molar-refractivity contribution in [2.75, 3.05) is 32.4 Å². The summed E-state index contributed by atoms with van der Waals surface area (Å²) in [4.78, 5) is 20.4. The van der Waals surface area contributed by atoms with Gasteiger partial charge in [0.15, 0.2) is 16.3 Å². The van der Waals surface area contributed by atoms with Crippen LogP contribution >= 0.6 is 11.3 Å². The highest BCUT2D eigenvalue weighted by molar-refractivity contribution is 7.07. The number of ether oxygens (including phenoxy) is 3. The summed E-state index contributed by atoms with van der Waals surface area (Å²) in [5.41, 5.74) is 1.81. The monoisotopic (exact) mass is 425 g/mol. The maximum atomic E-state index is 13.0. The van der Waals surface area contributed by atoms with E-state index in [0.29, 0.717) is 36.0 Å². The van der Waals surface area contributed by atoms with Gasteiger partial charge in [0.1, 0.15) is 19.1 Å². The van der Waals surface area contributed by atoms with E-state index in [4.69, 9.17) is 14.2 Å². The zero-order valence-electron chi connectivity index (χ0n) is 17.1. The van der Waals surface area contributed by atoms with Gasteiger partial charge in [-0.1, -0.05) is 17.4 Å². The Kier molecular flexibility index (Phi) is 5.76. The highest BCUT2D eigenvalue weighted by atomic mass is 32.1. The molecule has 7 nitrogen and oxygen atoms in total. The molecule has 0 saturated carbocycles. The van der Waals surface area contributed by atoms with Crippen LogP contribution in [0.3, 0.4) is 0 Å². The summed E-state index contributed by atoms with van der Waals surface area (Å²) in [6.45, 7) is 3.55. The Balaban J connectivity index is 1.63. The number of nitrogens with zero attached hydrogens (tertiary/aromatic N) is 3. The Bertz CT molecular complexity index is 1210. The quantitative estimate of drug-likeness (QED) is 0.606. The van der Waals surface area contributed by atoms with Crippen LogP contribution in [0.25, 0.3) is 6.08 Å². The standard InChI is InChI=1S/C22H23N3O4S/c1-4-29-17-8-6-16(7-9-17)24-13-23-22-25(14-24)21(26)20(30-22)12-15-5-10-18(27-2)19(11-15)28-3/h5-12H,4,13-14H2,1-3H3. The fourth-order valence-electron chi connectivity index (χ4n) is 3.29. The molecule has 0 atom stereocenters. The van der Waals surface area contributed by atoms with Gasteiger partial charge >= 0.3 is 0 Å². The zero-order chi connectivity index (χ0) is 21.1. The molecule has 1 aromatic heterocycles. The number of anilines is 1. The normalized spacial score (nSPS) is 13.6. The molecule has 0 saturated heterocycles. The molecule has 8 heteroatoms. The molecule has 0 fully saturated rings. The molecular formula is C22H23N3O4S. The zero-order valence-corrected chi connectivity index (χ0v) is 17.9. The number of fused-ring (bicyclic) bond motifs is 1. The Morgan fingerprint density at radius 1 is 1.10 bits per heavy atom. The van der Waals surface area contributed by atoms with Crippen molar-refractivity contribution in [3.05, 3.63) is 67.7 Å². The molecule has 0 radical (unpaired) electrons. The molecular weight excluding hydrogens is 402 g/mol. The number of benzene rings is 2. The third kappa shape index (κ3) is 3.91. The molecule has 30 heavy (non-hydrogen) atoms. The van der Waals surface area contributed by atoms with Gasteiger partial charge in [-0.25, -0.2) is 4.99 Å². The SMILES string of the molecule is CCOc1ccc(N2CN=c3sc(=Cc4ccc(OC)c(OC)c4)c(=O)n3C2)cc1. The lowest BCUT2D eigenvalue weighted by atomic mass is 10.2. The molecule has 0 bridgehead atoms. The molecule has 0 unspecified atom stereocenters. The topological polar surface area (TPSA) is 65.3 Å². The lowest BCUT2D eigenvalue weighted by Crippen LogP contribution is -2.42. The molecule has 0 spiro atoms. The molecule has 0 aliphatic carbocycles. The average Bonchev–Trinajstić information content (AvgIpc) is 3.09. The molecule has 0 amide bonds. The Morgan fingerprint density at radius 2 is 1.87 bits per heavy atom. The molecule has 3 aromatic rings. The van der Waals surface area contributed by atoms with Gasteiger partial charge in [0.25, 0.3) is 5.56 Å². The molecule has 1 aliphatic rings. The molecule has 0 N–H and O–H groups in total. The van der Waals surface area contributed by atoms with Crippen LogP contribution in [0.2, 0.25) is 0 Å². The first kappa shape index (κ1) is 20.0. The number of methoxy groups -OCH3 is 2. The molecule has 156 valence electrons. The van der Waals surface area contributed by atoms with Crippen LogP contribution < -0.4 is 34.0 Å². The van der Waals surface area contributed by atoms with Gasteiger partial charge in [0.2, 0.25) is 0 Å². The summed E-state index contributed by atoms with van der Waals surface area (Å²) in [6, 6.07) is 13.4. The Labute approximate surface area is 178 Å². The lowest BCUT2D eigenvalue weighted by Gasteiger charge is -2.25. The first-order chi connectivity index (χ1) is 14.6. The second kappa shape index (κ2) is 8.62. The summed E-state index contributed by atoms with van der Waals surface area (Å²) in [5, 5.41) is 0. The summed E-state index contributed by atoms with van der Waals surface area (Å²) >= 11 is 1.40. The largest absolute Gasteiger partial charge is 0.494 e. The number of rotatable bonds is 6. The number of aromatic nitrogens is 1. The summed E-state index contributed by atoms with van der Waals surface area (Å²) in [6.07, 6.45) is 1.86. The van der Waals surface area contributed by atoms with Crippen molar-refractivity contribution < 1.29 is 14.2 Å². The minimum absolute atomic E-state index is 0.0517. The third-order valence-electron chi connectivity index (χ3n) is 4.80. The van der Waals surface area contributed by atoms with Crippen molar-refractivity contribution in [1.29, 1.82) is 0 Å². The maximum Gasteiger partial charge on any atom is 0.271 e. The lowest BCUT2D eigenvalue weighted by molar-refractivity contribution is 0.340. The highest BCUT2D eigenvalue weighted by Gasteiger charge is 2.16. The first-order valence-corrected chi connectivity index (χ1v) is 10.4. The smallest absolute Gasteiger partial charge is 0.271 e. The van der Waals surface area contributed by atoms with Gasteiger partial charge in [-0.3, -0.25) is 9.36 Å². The van der Waals surface area contributed by atoms with E-state index in [2.05, 4.69) is 9.89 Å². The van der Waals surface area contributed by atoms with Crippen molar-refractivity contribution in [3.8, 4) is 17.2 Å². The van der Waals surface area contributed by atoms with Crippen molar-refractivity contribution in [2.24, 2.45) is 4.99 Å². The van der Waals surface area contributed by atoms with E-state index in [-0.39, 0.29) is 5.56 Å². The van der Waals surface area contributed by atoms with E-state index < -0.39 is 0 Å². The number of thiazole rings is 1. The summed E-state index contributed by atoms with van der Waals surface area (Å²) in [5.74, 6) is 2.10.